The third-order valence-corrected chi connectivity index (χ3v) is 3.79. The molecule has 0 aliphatic heterocycles. The van der Waals surface area contributed by atoms with Crippen LogP contribution in [0.15, 0.2) is 30.5 Å². The number of benzene rings is 1. The van der Waals surface area contributed by atoms with Crippen LogP contribution in [-0.4, -0.2) is 31.8 Å². The Kier molecular flexibility index (Phi) is 4.81. The van der Waals surface area contributed by atoms with Crippen LogP contribution in [0.5, 0.6) is 0 Å². The highest BCUT2D eigenvalue weighted by Gasteiger charge is 2.07. The summed E-state index contributed by atoms with van der Waals surface area (Å²) in [5.41, 5.74) is 1.06. The number of aromatic nitrogens is 3. The Morgan fingerprint density at radius 2 is 2.21 bits per heavy atom. The van der Waals surface area contributed by atoms with Crippen molar-refractivity contribution in [1.82, 2.24) is 15.0 Å². The molecular formula is C12H12ClN3O2S. The summed E-state index contributed by atoms with van der Waals surface area (Å²) in [6, 6.07) is 7.72. The van der Waals surface area contributed by atoms with Crippen molar-refractivity contribution in [3.05, 3.63) is 46.7 Å². The molecule has 0 aliphatic carbocycles. The van der Waals surface area contributed by atoms with Crippen LogP contribution in [0.2, 0.25) is 5.02 Å². The van der Waals surface area contributed by atoms with Gasteiger partial charge in [0.15, 0.2) is 5.69 Å². The van der Waals surface area contributed by atoms with Crippen LogP contribution in [0.25, 0.3) is 0 Å². The third kappa shape index (κ3) is 3.97. The Balaban J connectivity index is 1.77. The summed E-state index contributed by atoms with van der Waals surface area (Å²) in [5.74, 6) is 0.573. The second-order valence-corrected chi connectivity index (χ2v) is 5.33. The molecule has 0 bridgehead atoms. The summed E-state index contributed by atoms with van der Waals surface area (Å²) in [6.07, 6.45) is 1.43. The molecule has 7 heteroatoms. The normalized spacial score (nSPS) is 10.6. The minimum absolute atomic E-state index is 0.0314. The maximum Gasteiger partial charge on any atom is 0.358 e. The van der Waals surface area contributed by atoms with Crippen LogP contribution < -0.4 is 0 Å². The Labute approximate surface area is 119 Å². The summed E-state index contributed by atoms with van der Waals surface area (Å²) in [4.78, 5) is 10.6. The smallest absolute Gasteiger partial charge is 0.358 e. The van der Waals surface area contributed by atoms with E-state index >= 15 is 0 Å². The Hall–Kier alpha value is -1.53. The van der Waals surface area contributed by atoms with E-state index in [4.69, 9.17) is 16.7 Å². The van der Waals surface area contributed by atoms with Crippen molar-refractivity contribution in [2.75, 3.05) is 5.75 Å². The minimum atomic E-state index is -1.06. The molecule has 0 amide bonds. The Morgan fingerprint density at radius 3 is 2.89 bits per heavy atom. The SMILES string of the molecule is O=C(O)c1cn(CCSCc2ccccc2Cl)nn1. The van der Waals surface area contributed by atoms with Crippen molar-refractivity contribution in [3.63, 3.8) is 0 Å². The zero-order chi connectivity index (χ0) is 13.7. The number of halogens is 1. The Morgan fingerprint density at radius 1 is 1.42 bits per heavy atom. The van der Waals surface area contributed by atoms with Gasteiger partial charge in [0.1, 0.15) is 0 Å². The quantitative estimate of drug-likeness (QED) is 0.830. The first kappa shape index (κ1) is 13.9. The van der Waals surface area contributed by atoms with E-state index in [0.29, 0.717) is 6.54 Å². The molecule has 2 aromatic rings. The van der Waals surface area contributed by atoms with Gasteiger partial charge in [0.05, 0.1) is 12.7 Å². The number of aryl methyl sites for hydroxylation is 1. The van der Waals surface area contributed by atoms with Gasteiger partial charge in [0.25, 0.3) is 0 Å². The number of carboxylic acids is 1. The van der Waals surface area contributed by atoms with Crippen molar-refractivity contribution >= 4 is 29.3 Å². The van der Waals surface area contributed by atoms with Gasteiger partial charge in [-0.25, -0.2) is 4.79 Å². The summed E-state index contributed by atoms with van der Waals surface area (Å²) >= 11 is 7.76. The molecule has 0 radical (unpaired) electrons. The van der Waals surface area contributed by atoms with Crippen LogP contribution in [0.1, 0.15) is 16.1 Å². The lowest BCUT2D eigenvalue weighted by Gasteiger charge is -2.03. The highest BCUT2D eigenvalue weighted by Crippen LogP contribution is 2.20. The van der Waals surface area contributed by atoms with Crippen molar-refractivity contribution < 1.29 is 9.90 Å². The number of carboxylic acid groups (broad SMARTS) is 1. The van der Waals surface area contributed by atoms with Gasteiger partial charge in [-0.1, -0.05) is 35.0 Å². The second kappa shape index (κ2) is 6.58. The fourth-order valence-electron chi connectivity index (χ4n) is 1.46. The number of rotatable bonds is 6. The molecule has 1 N–H and O–H groups in total. The van der Waals surface area contributed by atoms with Crippen molar-refractivity contribution in [3.8, 4) is 0 Å². The van der Waals surface area contributed by atoms with E-state index in [0.717, 1.165) is 22.1 Å². The molecule has 0 saturated heterocycles. The van der Waals surface area contributed by atoms with Gasteiger partial charge in [-0.05, 0) is 11.6 Å². The number of hydrogen-bond acceptors (Lipinski definition) is 4. The van der Waals surface area contributed by atoms with Gasteiger partial charge in [-0.2, -0.15) is 11.8 Å². The maximum absolute atomic E-state index is 10.6. The van der Waals surface area contributed by atoms with Gasteiger partial charge in [-0.3, -0.25) is 4.68 Å². The van der Waals surface area contributed by atoms with Crippen LogP contribution in [0.3, 0.4) is 0 Å². The first-order chi connectivity index (χ1) is 9.16. The predicted molar refractivity (Wildman–Crippen MR) is 74.6 cm³/mol. The summed E-state index contributed by atoms with van der Waals surface area (Å²) in [5, 5.41) is 16.8. The van der Waals surface area contributed by atoms with Gasteiger partial charge in [0.2, 0.25) is 0 Å². The highest BCUT2D eigenvalue weighted by atomic mass is 35.5. The van der Waals surface area contributed by atoms with Crippen LogP contribution in [0.4, 0.5) is 0 Å². The zero-order valence-corrected chi connectivity index (χ0v) is 11.6. The first-order valence-electron chi connectivity index (χ1n) is 5.61. The van der Waals surface area contributed by atoms with Crippen LogP contribution >= 0.6 is 23.4 Å². The third-order valence-electron chi connectivity index (χ3n) is 2.44. The topological polar surface area (TPSA) is 68.0 Å². The van der Waals surface area contributed by atoms with Gasteiger partial charge in [0, 0.05) is 16.5 Å². The molecule has 2 rings (SSSR count). The van der Waals surface area contributed by atoms with E-state index in [-0.39, 0.29) is 5.69 Å². The van der Waals surface area contributed by atoms with E-state index in [1.807, 2.05) is 24.3 Å². The van der Waals surface area contributed by atoms with Crippen molar-refractivity contribution in [2.45, 2.75) is 12.3 Å². The van der Waals surface area contributed by atoms with Crippen molar-refractivity contribution in [1.29, 1.82) is 0 Å². The number of nitrogens with zero attached hydrogens (tertiary/aromatic N) is 3. The van der Waals surface area contributed by atoms with Gasteiger partial charge < -0.3 is 5.11 Å². The highest BCUT2D eigenvalue weighted by molar-refractivity contribution is 7.98. The molecule has 1 aromatic heterocycles. The summed E-state index contributed by atoms with van der Waals surface area (Å²) < 4.78 is 1.53. The standard InChI is InChI=1S/C12H12ClN3O2S/c13-10-4-2-1-3-9(10)8-19-6-5-16-7-11(12(17)18)14-15-16/h1-4,7H,5-6,8H2,(H,17,18). The lowest BCUT2D eigenvalue weighted by Crippen LogP contribution is -2.01. The zero-order valence-electron chi connectivity index (χ0n) is 9.99. The van der Waals surface area contributed by atoms with Gasteiger partial charge in [-0.15, -0.1) is 5.10 Å². The molecule has 1 aromatic carbocycles. The Bertz CT molecular complexity index is 574. The number of hydrogen-bond donors (Lipinski definition) is 1. The summed E-state index contributed by atoms with van der Waals surface area (Å²) in [7, 11) is 0. The maximum atomic E-state index is 10.6. The second-order valence-electron chi connectivity index (χ2n) is 3.82. The molecule has 5 nitrogen and oxygen atoms in total. The predicted octanol–water partition coefficient (Wildman–Crippen LogP) is 2.56. The molecular weight excluding hydrogens is 286 g/mol. The van der Waals surface area contributed by atoms with E-state index in [1.54, 1.807) is 11.8 Å². The number of carbonyl (C=O) groups is 1. The van der Waals surface area contributed by atoms with E-state index in [1.165, 1.54) is 10.9 Å². The largest absolute Gasteiger partial charge is 0.476 e. The lowest BCUT2D eigenvalue weighted by molar-refractivity contribution is 0.0690. The van der Waals surface area contributed by atoms with Crippen molar-refractivity contribution in [2.24, 2.45) is 0 Å². The molecule has 100 valence electrons. The average Bonchev–Trinajstić information content (AvgIpc) is 2.85. The molecule has 0 atom stereocenters. The average molecular weight is 298 g/mol. The number of aromatic carboxylic acids is 1. The fourth-order valence-corrected chi connectivity index (χ4v) is 2.68. The van der Waals surface area contributed by atoms with E-state index in [9.17, 15) is 4.79 Å². The molecule has 0 unspecified atom stereocenters. The van der Waals surface area contributed by atoms with Gasteiger partial charge >= 0.3 is 5.97 Å². The molecule has 1 heterocycles. The molecule has 0 fully saturated rings. The fraction of sp³-hybridized carbons (Fsp3) is 0.250. The minimum Gasteiger partial charge on any atom is -0.476 e. The molecule has 0 spiro atoms. The lowest BCUT2D eigenvalue weighted by atomic mass is 10.2. The monoisotopic (exact) mass is 297 g/mol. The molecule has 19 heavy (non-hydrogen) atoms. The van der Waals surface area contributed by atoms with E-state index < -0.39 is 5.97 Å². The van der Waals surface area contributed by atoms with Crippen LogP contribution in [0, 0.1) is 0 Å². The van der Waals surface area contributed by atoms with Crippen LogP contribution in [-0.2, 0) is 12.3 Å². The first-order valence-corrected chi connectivity index (χ1v) is 7.14. The molecule has 0 aliphatic rings. The molecule has 0 saturated carbocycles. The van der Waals surface area contributed by atoms with E-state index in [2.05, 4.69) is 10.3 Å². The summed E-state index contributed by atoms with van der Waals surface area (Å²) in [6.45, 7) is 0.620. The number of thioether (sulfide) groups is 1.